The Kier molecular flexibility index (Phi) is 5.13. The van der Waals surface area contributed by atoms with E-state index in [1.807, 2.05) is 4.57 Å². The van der Waals surface area contributed by atoms with Gasteiger partial charge in [0.1, 0.15) is 17.5 Å². The van der Waals surface area contributed by atoms with E-state index in [-0.39, 0.29) is 5.69 Å². The average Bonchev–Trinajstić information content (AvgIpc) is 2.78. The lowest BCUT2D eigenvalue weighted by molar-refractivity contribution is -0.115. The lowest BCUT2D eigenvalue weighted by Gasteiger charge is -2.13. The quantitative estimate of drug-likeness (QED) is 0.857. The fraction of sp³-hybridized carbons (Fsp3) is 0.438. The van der Waals surface area contributed by atoms with E-state index in [9.17, 15) is 13.6 Å². The standard InChI is InChI=1S/C16H18F2N4OS/c1-10(15(23)19-13-9-11(17)6-7-12(13)18)24-16-21-20-14-5-3-2-4-8-22(14)16/h6-7,9-10H,2-5,8H2,1H3,(H,19,23)/t10-/m0/s1. The molecule has 1 aromatic heterocycles. The minimum Gasteiger partial charge on any atom is -0.323 e. The van der Waals surface area contributed by atoms with Crippen molar-refractivity contribution in [2.45, 2.75) is 49.6 Å². The number of fused-ring (bicyclic) bond motifs is 1. The van der Waals surface area contributed by atoms with Gasteiger partial charge in [0.2, 0.25) is 5.91 Å². The lowest BCUT2D eigenvalue weighted by Crippen LogP contribution is -2.23. The number of halogens is 2. The molecule has 8 heteroatoms. The molecule has 1 atom stereocenters. The van der Waals surface area contributed by atoms with E-state index in [1.54, 1.807) is 6.92 Å². The highest BCUT2D eigenvalue weighted by Gasteiger charge is 2.22. The summed E-state index contributed by atoms with van der Waals surface area (Å²) in [5.74, 6) is -0.734. The van der Waals surface area contributed by atoms with Gasteiger partial charge >= 0.3 is 0 Å². The van der Waals surface area contributed by atoms with Crippen LogP contribution < -0.4 is 5.32 Å². The highest BCUT2D eigenvalue weighted by Crippen LogP contribution is 2.26. The van der Waals surface area contributed by atoms with Gasteiger partial charge in [-0.15, -0.1) is 10.2 Å². The van der Waals surface area contributed by atoms with Crippen LogP contribution in [-0.4, -0.2) is 25.9 Å². The molecule has 0 saturated heterocycles. The molecular formula is C16H18F2N4OS. The van der Waals surface area contributed by atoms with Gasteiger partial charge < -0.3 is 9.88 Å². The molecule has 1 amide bonds. The van der Waals surface area contributed by atoms with E-state index in [0.29, 0.717) is 5.16 Å². The predicted octanol–water partition coefficient (Wildman–Crippen LogP) is 3.40. The van der Waals surface area contributed by atoms with Gasteiger partial charge in [0, 0.05) is 19.0 Å². The summed E-state index contributed by atoms with van der Waals surface area (Å²) in [6, 6.07) is 2.96. The van der Waals surface area contributed by atoms with Crippen LogP contribution in [0, 0.1) is 11.6 Å². The van der Waals surface area contributed by atoms with Crippen LogP contribution in [0.3, 0.4) is 0 Å². The van der Waals surface area contributed by atoms with Crippen LogP contribution in [0.5, 0.6) is 0 Å². The molecule has 0 saturated carbocycles. The number of aryl methyl sites for hydroxylation is 1. The van der Waals surface area contributed by atoms with Gasteiger partial charge in [-0.3, -0.25) is 4.79 Å². The Labute approximate surface area is 142 Å². The molecular weight excluding hydrogens is 334 g/mol. The van der Waals surface area contributed by atoms with E-state index in [2.05, 4.69) is 15.5 Å². The van der Waals surface area contributed by atoms with Crippen molar-refractivity contribution in [2.75, 3.05) is 5.32 Å². The van der Waals surface area contributed by atoms with E-state index in [4.69, 9.17) is 0 Å². The second kappa shape index (κ2) is 7.29. The molecule has 0 bridgehead atoms. The molecule has 2 heterocycles. The third-order valence-corrected chi connectivity index (χ3v) is 4.99. The van der Waals surface area contributed by atoms with E-state index in [1.165, 1.54) is 11.8 Å². The third-order valence-electron chi connectivity index (χ3n) is 3.91. The monoisotopic (exact) mass is 352 g/mol. The maximum Gasteiger partial charge on any atom is 0.237 e. The number of nitrogens with zero attached hydrogens (tertiary/aromatic N) is 3. The van der Waals surface area contributed by atoms with Crippen molar-refractivity contribution in [2.24, 2.45) is 0 Å². The van der Waals surface area contributed by atoms with Crippen LogP contribution in [0.25, 0.3) is 0 Å². The summed E-state index contributed by atoms with van der Waals surface area (Å²) in [6.07, 6.45) is 4.20. The number of anilines is 1. The third kappa shape index (κ3) is 3.75. The molecule has 5 nitrogen and oxygen atoms in total. The highest BCUT2D eigenvalue weighted by molar-refractivity contribution is 8.00. The normalized spacial score (nSPS) is 15.5. The van der Waals surface area contributed by atoms with E-state index < -0.39 is 22.8 Å². The zero-order valence-electron chi connectivity index (χ0n) is 13.3. The van der Waals surface area contributed by atoms with Crippen molar-refractivity contribution in [1.82, 2.24) is 14.8 Å². The number of thioether (sulfide) groups is 1. The summed E-state index contributed by atoms with van der Waals surface area (Å²) in [5, 5.41) is 11.0. The first-order valence-electron chi connectivity index (χ1n) is 7.89. The number of hydrogen-bond donors (Lipinski definition) is 1. The topological polar surface area (TPSA) is 59.8 Å². The number of amides is 1. The van der Waals surface area contributed by atoms with Gasteiger partial charge in [-0.25, -0.2) is 8.78 Å². The van der Waals surface area contributed by atoms with Crippen LogP contribution in [0.15, 0.2) is 23.4 Å². The molecule has 2 aromatic rings. The average molecular weight is 352 g/mol. The smallest absolute Gasteiger partial charge is 0.237 e. The maximum atomic E-state index is 13.6. The summed E-state index contributed by atoms with van der Waals surface area (Å²) >= 11 is 1.27. The Bertz CT molecular complexity index is 750. The number of carbonyl (C=O) groups excluding carboxylic acids is 1. The zero-order chi connectivity index (χ0) is 17.1. The largest absolute Gasteiger partial charge is 0.323 e. The number of carbonyl (C=O) groups is 1. The van der Waals surface area contributed by atoms with Crippen molar-refractivity contribution < 1.29 is 13.6 Å². The number of rotatable bonds is 4. The Morgan fingerprint density at radius 2 is 2.12 bits per heavy atom. The minimum atomic E-state index is -0.668. The first-order valence-corrected chi connectivity index (χ1v) is 8.77. The Morgan fingerprint density at radius 1 is 1.29 bits per heavy atom. The van der Waals surface area contributed by atoms with Crippen LogP contribution in [0.4, 0.5) is 14.5 Å². The van der Waals surface area contributed by atoms with Crippen LogP contribution in [-0.2, 0) is 17.8 Å². The molecule has 0 fully saturated rings. The van der Waals surface area contributed by atoms with Gasteiger partial charge in [-0.1, -0.05) is 18.2 Å². The summed E-state index contributed by atoms with van der Waals surface area (Å²) in [7, 11) is 0. The molecule has 1 aliphatic heterocycles. The minimum absolute atomic E-state index is 0.160. The molecule has 0 radical (unpaired) electrons. The molecule has 0 aliphatic carbocycles. The lowest BCUT2D eigenvalue weighted by atomic mass is 10.2. The molecule has 0 unspecified atom stereocenters. The summed E-state index contributed by atoms with van der Waals surface area (Å²) < 4.78 is 28.9. The second-order valence-corrected chi connectivity index (χ2v) is 7.04. The predicted molar refractivity (Wildman–Crippen MR) is 87.9 cm³/mol. The Balaban J connectivity index is 1.68. The van der Waals surface area contributed by atoms with Crippen molar-refractivity contribution in [3.05, 3.63) is 35.7 Å². The van der Waals surface area contributed by atoms with Crippen molar-refractivity contribution in [1.29, 1.82) is 0 Å². The fourth-order valence-electron chi connectivity index (χ4n) is 2.58. The van der Waals surface area contributed by atoms with Crippen molar-refractivity contribution >= 4 is 23.4 Å². The van der Waals surface area contributed by atoms with E-state index in [0.717, 1.165) is 56.3 Å². The summed E-state index contributed by atoms with van der Waals surface area (Å²) in [6.45, 7) is 2.55. The first kappa shape index (κ1) is 16.9. The van der Waals surface area contributed by atoms with Crippen LogP contribution in [0.2, 0.25) is 0 Å². The molecule has 1 aliphatic rings. The Hall–Kier alpha value is -1.96. The van der Waals surface area contributed by atoms with Gasteiger partial charge in [0.25, 0.3) is 0 Å². The second-order valence-electron chi connectivity index (χ2n) is 5.73. The molecule has 1 aromatic carbocycles. The molecule has 3 rings (SSSR count). The first-order chi connectivity index (χ1) is 11.5. The fourth-order valence-corrected chi connectivity index (χ4v) is 3.48. The molecule has 0 spiro atoms. The van der Waals surface area contributed by atoms with E-state index >= 15 is 0 Å². The number of benzene rings is 1. The molecule has 1 N–H and O–H groups in total. The van der Waals surface area contributed by atoms with Crippen LogP contribution in [0.1, 0.15) is 32.0 Å². The molecule has 24 heavy (non-hydrogen) atoms. The summed E-state index contributed by atoms with van der Waals surface area (Å²) in [5.41, 5.74) is -0.160. The number of hydrogen-bond acceptors (Lipinski definition) is 4. The Morgan fingerprint density at radius 3 is 2.96 bits per heavy atom. The number of nitrogens with one attached hydrogen (secondary N) is 1. The van der Waals surface area contributed by atoms with Gasteiger partial charge in [-0.05, 0) is 31.9 Å². The zero-order valence-corrected chi connectivity index (χ0v) is 14.1. The summed E-state index contributed by atoms with van der Waals surface area (Å²) in [4.78, 5) is 12.3. The van der Waals surface area contributed by atoms with Gasteiger partial charge in [0.15, 0.2) is 5.16 Å². The van der Waals surface area contributed by atoms with Crippen molar-refractivity contribution in [3.63, 3.8) is 0 Å². The number of aromatic nitrogens is 3. The highest BCUT2D eigenvalue weighted by atomic mass is 32.2. The van der Waals surface area contributed by atoms with Gasteiger partial charge in [-0.2, -0.15) is 0 Å². The van der Waals surface area contributed by atoms with Crippen LogP contribution >= 0.6 is 11.8 Å². The van der Waals surface area contributed by atoms with Crippen molar-refractivity contribution in [3.8, 4) is 0 Å². The SMILES string of the molecule is C[C@H](Sc1nnc2n1CCCCC2)C(=O)Nc1cc(F)ccc1F. The molecule has 128 valence electrons. The maximum absolute atomic E-state index is 13.6. The van der Waals surface area contributed by atoms with Gasteiger partial charge in [0.05, 0.1) is 10.9 Å².